The van der Waals surface area contributed by atoms with Gasteiger partial charge in [0.15, 0.2) is 0 Å². The number of nitrogens with zero attached hydrogens (tertiary/aromatic N) is 2. The average Bonchev–Trinajstić information content (AvgIpc) is 2.90. The summed E-state index contributed by atoms with van der Waals surface area (Å²) in [5.74, 6) is 1.05. The van der Waals surface area contributed by atoms with E-state index in [1.54, 1.807) is 0 Å². The SMILES string of the molecule is Nc1nsc(N2CCC(CO)CC2)c1-c1ccccc1. The summed E-state index contributed by atoms with van der Waals surface area (Å²) >= 11 is 1.47. The number of nitrogens with two attached hydrogens (primary N) is 1. The number of aromatic nitrogens is 1. The summed E-state index contributed by atoms with van der Waals surface area (Å²) in [6.45, 7) is 2.23. The molecule has 5 heteroatoms. The van der Waals surface area contributed by atoms with Gasteiger partial charge < -0.3 is 15.7 Å². The van der Waals surface area contributed by atoms with Gasteiger partial charge in [-0.15, -0.1) is 0 Å². The summed E-state index contributed by atoms with van der Waals surface area (Å²) in [6.07, 6.45) is 2.06. The van der Waals surface area contributed by atoms with Crippen molar-refractivity contribution in [1.82, 2.24) is 4.37 Å². The predicted octanol–water partition coefficient (Wildman–Crippen LogP) is 2.60. The molecule has 2 heterocycles. The molecule has 1 aliphatic heterocycles. The highest BCUT2D eigenvalue weighted by Gasteiger charge is 2.24. The number of piperidine rings is 1. The van der Waals surface area contributed by atoms with Crippen LogP contribution in [-0.4, -0.2) is 29.2 Å². The highest BCUT2D eigenvalue weighted by molar-refractivity contribution is 7.11. The first-order valence-corrected chi connectivity index (χ1v) is 7.73. The van der Waals surface area contributed by atoms with E-state index < -0.39 is 0 Å². The third-order valence-electron chi connectivity index (χ3n) is 3.92. The Morgan fingerprint density at radius 2 is 1.95 bits per heavy atom. The van der Waals surface area contributed by atoms with Crippen molar-refractivity contribution in [2.45, 2.75) is 12.8 Å². The number of rotatable bonds is 3. The summed E-state index contributed by atoms with van der Waals surface area (Å²) in [5, 5.41) is 10.4. The standard InChI is InChI=1S/C15H19N3OS/c16-14-13(12-4-2-1-3-5-12)15(20-17-14)18-8-6-11(10-19)7-9-18/h1-5,11,19H,6-10H2,(H2,16,17). The van der Waals surface area contributed by atoms with Gasteiger partial charge in [-0.05, 0) is 35.9 Å². The maximum Gasteiger partial charge on any atom is 0.147 e. The molecule has 1 saturated heterocycles. The van der Waals surface area contributed by atoms with E-state index in [-0.39, 0.29) is 0 Å². The monoisotopic (exact) mass is 289 g/mol. The molecule has 106 valence electrons. The quantitative estimate of drug-likeness (QED) is 0.911. The summed E-state index contributed by atoms with van der Waals surface area (Å²) in [4.78, 5) is 2.35. The van der Waals surface area contributed by atoms with Gasteiger partial charge in [-0.25, -0.2) is 0 Å². The van der Waals surface area contributed by atoms with E-state index in [0.717, 1.165) is 42.1 Å². The zero-order valence-corrected chi connectivity index (χ0v) is 12.1. The fraction of sp³-hybridized carbons (Fsp3) is 0.400. The molecule has 0 aliphatic carbocycles. The zero-order valence-electron chi connectivity index (χ0n) is 11.3. The van der Waals surface area contributed by atoms with E-state index in [1.165, 1.54) is 11.5 Å². The van der Waals surface area contributed by atoms with Gasteiger partial charge in [-0.3, -0.25) is 0 Å². The number of aliphatic hydroxyl groups excluding tert-OH is 1. The van der Waals surface area contributed by atoms with Crippen LogP contribution in [0.3, 0.4) is 0 Å². The van der Waals surface area contributed by atoms with Crippen molar-refractivity contribution < 1.29 is 5.11 Å². The summed E-state index contributed by atoms with van der Waals surface area (Å²) in [5.41, 5.74) is 8.24. The number of nitrogen functional groups attached to an aromatic ring is 1. The minimum Gasteiger partial charge on any atom is -0.396 e. The van der Waals surface area contributed by atoms with Crippen LogP contribution in [0.1, 0.15) is 12.8 Å². The van der Waals surface area contributed by atoms with Crippen molar-refractivity contribution in [2.24, 2.45) is 5.92 Å². The van der Waals surface area contributed by atoms with Crippen LogP contribution in [0.25, 0.3) is 11.1 Å². The number of hydrogen-bond acceptors (Lipinski definition) is 5. The molecular formula is C15H19N3OS. The van der Waals surface area contributed by atoms with Gasteiger partial charge in [-0.2, -0.15) is 4.37 Å². The van der Waals surface area contributed by atoms with E-state index in [1.807, 2.05) is 18.2 Å². The van der Waals surface area contributed by atoms with Crippen LogP contribution in [0.15, 0.2) is 30.3 Å². The molecule has 3 N–H and O–H groups in total. The molecule has 20 heavy (non-hydrogen) atoms. The molecule has 1 aliphatic rings. The Morgan fingerprint density at radius 1 is 1.25 bits per heavy atom. The molecule has 0 unspecified atom stereocenters. The van der Waals surface area contributed by atoms with Crippen molar-refractivity contribution in [3.63, 3.8) is 0 Å². The first kappa shape index (κ1) is 13.4. The molecule has 1 aromatic heterocycles. The summed E-state index contributed by atoms with van der Waals surface area (Å²) in [6, 6.07) is 10.2. The molecular weight excluding hydrogens is 270 g/mol. The van der Waals surface area contributed by atoms with E-state index in [9.17, 15) is 5.11 Å². The Hall–Kier alpha value is -1.59. The highest BCUT2D eigenvalue weighted by atomic mass is 32.1. The van der Waals surface area contributed by atoms with Crippen LogP contribution < -0.4 is 10.6 Å². The van der Waals surface area contributed by atoms with E-state index in [4.69, 9.17) is 5.73 Å². The second-order valence-corrected chi connectivity index (χ2v) is 5.98. The van der Waals surface area contributed by atoms with E-state index in [0.29, 0.717) is 18.3 Å². The van der Waals surface area contributed by atoms with Crippen LogP contribution >= 0.6 is 11.5 Å². The molecule has 0 amide bonds. The minimum atomic E-state index is 0.296. The van der Waals surface area contributed by atoms with Crippen LogP contribution in [0, 0.1) is 5.92 Å². The molecule has 3 rings (SSSR count). The normalized spacial score (nSPS) is 16.6. The van der Waals surface area contributed by atoms with Crippen molar-refractivity contribution in [1.29, 1.82) is 0 Å². The van der Waals surface area contributed by atoms with Gasteiger partial charge in [0, 0.05) is 19.7 Å². The Bertz CT molecular complexity index is 562. The van der Waals surface area contributed by atoms with Gasteiger partial charge in [0.25, 0.3) is 0 Å². The summed E-state index contributed by atoms with van der Waals surface area (Å²) in [7, 11) is 0. The third kappa shape index (κ3) is 2.51. The van der Waals surface area contributed by atoms with Crippen LogP contribution in [-0.2, 0) is 0 Å². The first-order valence-electron chi connectivity index (χ1n) is 6.96. The molecule has 1 fully saturated rings. The van der Waals surface area contributed by atoms with Crippen LogP contribution in [0.4, 0.5) is 10.8 Å². The largest absolute Gasteiger partial charge is 0.396 e. The Kier molecular flexibility index (Phi) is 3.89. The molecule has 0 radical (unpaired) electrons. The first-order chi connectivity index (χ1) is 9.79. The van der Waals surface area contributed by atoms with E-state index in [2.05, 4.69) is 21.4 Å². The van der Waals surface area contributed by atoms with Gasteiger partial charge in [0.05, 0.1) is 5.56 Å². The lowest BCUT2D eigenvalue weighted by Gasteiger charge is -2.32. The lowest BCUT2D eigenvalue weighted by atomic mass is 9.97. The number of aliphatic hydroxyl groups is 1. The second kappa shape index (κ2) is 5.81. The minimum absolute atomic E-state index is 0.296. The van der Waals surface area contributed by atoms with Crippen molar-refractivity contribution in [3.8, 4) is 11.1 Å². The average molecular weight is 289 g/mol. The lowest BCUT2D eigenvalue weighted by molar-refractivity contribution is 0.203. The molecule has 0 bridgehead atoms. The van der Waals surface area contributed by atoms with Crippen molar-refractivity contribution >= 4 is 22.4 Å². The molecule has 0 spiro atoms. The smallest absolute Gasteiger partial charge is 0.147 e. The third-order valence-corrected chi connectivity index (χ3v) is 4.85. The topological polar surface area (TPSA) is 62.4 Å². The molecule has 4 nitrogen and oxygen atoms in total. The Labute approximate surface area is 123 Å². The maximum absolute atomic E-state index is 9.24. The second-order valence-electron chi connectivity index (χ2n) is 5.23. The number of hydrogen-bond donors (Lipinski definition) is 2. The summed E-state index contributed by atoms with van der Waals surface area (Å²) < 4.78 is 4.34. The fourth-order valence-corrected chi connectivity index (χ4v) is 3.59. The fourth-order valence-electron chi connectivity index (χ4n) is 2.70. The zero-order chi connectivity index (χ0) is 13.9. The highest BCUT2D eigenvalue weighted by Crippen LogP contribution is 2.40. The maximum atomic E-state index is 9.24. The van der Waals surface area contributed by atoms with Gasteiger partial charge in [-0.1, -0.05) is 30.3 Å². The van der Waals surface area contributed by atoms with Crippen molar-refractivity contribution in [2.75, 3.05) is 30.3 Å². The van der Waals surface area contributed by atoms with Crippen LogP contribution in [0.5, 0.6) is 0 Å². The Morgan fingerprint density at radius 3 is 2.60 bits per heavy atom. The Balaban J connectivity index is 1.88. The molecule has 1 aromatic carbocycles. The number of anilines is 2. The number of benzene rings is 1. The molecule has 0 saturated carbocycles. The molecule has 0 atom stereocenters. The van der Waals surface area contributed by atoms with Gasteiger partial charge in [0.2, 0.25) is 0 Å². The van der Waals surface area contributed by atoms with Gasteiger partial charge >= 0.3 is 0 Å². The van der Waals surface area contributed by atoms with Crippen LogP contribution in [0.2, 0.25) is 0 Å². The predicted molar refractivity (Wildman–Crippen MR) is 84.0 cm³/mol. The lowest BCUT2D eigenvalue weighted by Crippen LogP contribution is -2.34. The van der Waals surface area contributed by atoms with Crippen molar-refractivity contribution in [3.05, 3.63) is 30.3 Å². The van der Waals surface area contributed by atoms with E-state index >= 15 is 0 Å². The van der Waals surface area contributed by atoms with Gasteiger partial charge in [0.1, 0.15) is 10.8 Å². The molecule has 2 aromatic rings.